The van der Waals surface area contributed by atoms with Crippen LogP contribution in [0.1, 0.15) is 6.42 Å². The summed E-state index contributed by atoms with van der Waals surface area (Å²) >= 11 is 0. The second-order valence-electron chi connectivity index (χ2n) is 5.94. The Bertz CT molecular complexity index is 696. The van der Waals surface area contributed by atoms with Crippen LogP contribution in [-0.2, 0) is 4.79 Å². The van der Waals surface area contributed by atoms with E-state index < -0.39 is 0 Å². The molecule has 1 saturated heterocycles. The minimum Gasteiger partial charge on any atom is -0.368 e. The third-order valence-corrected chi connectivity index (χ3v) is 4.20. The predicted molar refractivity (Wildman–Crippen MR) is 97.4 cm³/mol. The molecule has 7 heteroatoms. The first-order valence-corrected chi connectivity index (χ1v) is 8.37. The van der Waals surface area contributed by atoms with Gasteiger partial charge < -0.3 is 20.9 Å². The molecule has 25 heavy (non-hydrogen) atoms. The molecule has 0 saturated carbocycles. The highest BCUT2D eigenvalue weighted by molar-refractivity contribution is 5.90. The van der Waals surface area contributed by atoms with Crippen molar-refractivity contribution in [3.63, 3.8) is 0 Å². The number of piperazine rings is 1. The van der Waals surface area contributed by atoms with Crippen molar-refractivity contribution >= 4 is 23.1 Å². The maximum Gasteiger partial charge on any atom is 0.225 e. The predicted octanol–water partition coefficient (Wildman–Crippen LogP) is 1.83. The molecule has 0 spiro atoms. The number of nitrogens with two attached hydrogens (primary N) is 1. The lowest BCUT2D eigenvalue weighted by Crippen LogP contribution is -2.46. The highest BCUT2D eigenvalue weighted by atomic mass is 19.1. The molecule has 0 atom stereocenters. The molecule has 0 unspecified atom stereocenters. The van der Waals surface area contributed by atoms with E-state index in [1.807, 2.05) is 24.3 Å². The summed E-state index contributed by atoms with van der Waals surface area (Å²) in [5.74, 6) is 0.561. The number of benzene rings is 1. The lowest BCUT2D eigenvalue weighted by atomic mass is 10.2. The average molecular weight is 343 g/mol. The molecule has 0 radical (unpaired) electrons. The van der Waals surface area contributed by atoms with Crippen LogP contribution < -0.4 is 20.9 Å². The monoisotopic (exact) mass is 343 g/mol. The zero-order valence-corrected chi connectivity index (χ0v) is 14.0. The number of anilines is 3. The van der Waals surface area contributed by atoms with Gasteiger partial charge in [-0.2, -0.15) is 0 Å². The van der Waals surface area contributed by atoms with Gasteiger partial charge in [0.15, 0.2) is 0 Å². The first-order valence-electron chi connectivity index (χ1n) is 8.37. The number of nitrogens with one attached hydrogen (secondary N) is 1. The summed E-state index contributed by atoms with van der Waals surface area (Å²) in [6, 6.07) is 10.3. The molecule has 1 fully saturated rings. The van der Waals surface area contributed by atoms with Crippen LogP contribution in [0.4, 0.5) is 21.6 Å². The highest BCUT2D eigenvalue weighted by Gasteiger charge is 2.18. The van der Waals surface area contributed by atoms with Crippen LogP contribution >= 0.6 is 0 Å². The molecule has 2 aromatic rings. The van der Waals surface area contributed by atoms with Gasteiger partial charge in [-0.15, -0.1) is 0 Å². The fraction of sp³-hybridized carbons (Fsp3) is 0.333. The number of carbonyl (C=O) groups excluding carboxylic acids is 1. The number of nitrogens with zero attached hydrogens (tertiary/aromatic N) is 3. The molecule has 1 amide bonds. The van der Waals surface area contributed by atoms with Gasteiger partial charge in [-0.05, 0) is 36.4 Å². The Morgan fingerprint density at radius 2 is 1.76 bits per heavy atom. The minimum absolute atomic E-state index is 0.107. The third-order valence-electron chi connectivity index (χ3n) is 4.20. The molecule has 2 heterocycles. The summed E-state index contributed by atoms with van der Waals surface area (Å²) in [7, 11) is 0. The van der Waals surface area contributed by atoms with E-state index in [1.54, 1.807) is 6.20 Å². The molecule has 1 aromatic carbocycles. The Hall–Kier alpha value is -2.67. The van der Waals surface area contributed by atoms with Crippen LogP contribution in [0.3, 0.4) is 0 Å². The van der Waals surface area contributed by atoms with Crippen molar-refractivity contribution in [3.8, 4) is 0 Å². The summed E-state index contributed by atoms with van der Waals surface area (Å²) < 4.78 is 13.0. The maximum atomic E-state index is 13.0. The summed E-state index contributed by atoms with van der Waals surface area (Å²) in [4.78, 5) is 20.4. The number of pyridine rings is 1. The molecule has 0 aliphatic carbocycles. The summed E-state index contributed by atoms with van der Waals surface area (Å²) in [5.41, 5.74) is 7.07. The molecule has 1 aliphatic heterocycles. The van der Waals surface area contributed by atoms with Crippen LogP contribution in [0.15, 0.2) is 42.6 Å². The van der Waals surface area contributed by atoms with Gasteiger partial charge in [-0.1, -0.05) is 0 Å². The van der Waals surface area contributed by atoms with E-state index in [0.717, 1.165) is 37.7 Å². The van der Waals surface area contributed by atoms with E-state index in [1.165, 1.54) is 12.1 Å². The molecule has 0 bridgehead atoms. The number of hydrogen-bond donors (Lipinski definition) is 2. The Morgan fingerprint density at radius 1 is 1.08 bits per heavy atom. The van der Waals surface area contributed by atoms with Crippen molar-refractivity contribution in [2.75, 3.05) is 47.8 Å². The van der Waals surface area contributed by atoms with Crippen molar-refractivity contribution in [1.29, 1.82) is 0 Å². The van der Waals surface area contributed by atoms with E-state index in [4.69, 9.17) is 5.73 Å². The van der Waals surface area contributed by atoms with Crippen molar-refractivity contribution < 1.29 is 9.18 Å². The number of halogens is 1. The topological polar surface area (TPSA) is 74.5 Å². The Labute approximate surface area is 146 Å². The van der Waals surface area contributed by atoms with Gasteiger partial charge >= 0.3 is 0 Å². The van der Waals surface area contributed by atoms with Gasteiger partial charge in [0, 0.05) is 44.8 Å². The molecule has 132 valence electrons. The number of carbonyl (C=O) groups is 1. The number of rotatable bonds is 5. The molecular weight excluding hydrogens is 321 g/mol. The molecule has 1 aromatic heterocycles. The molecule has 3 N–H and O–H groups in total. The first kappa shape index (κ1) is 17.2. The quantitative estimate of drug-likeness (QED) is 0.866. The second-order valence-corrected chi connectivity index (χ2v) is 5.94. The Morgan fingerprint density at radius 3 is 2.36 bits per heavy atom. The molecule has 1 aliphatic rings. The van der Waals surface area contributed by atoms with E-state index in [2.05, 4.69) is 20.1 Å². The third kappa shape index (κ3) is 4.45. The SMILES string of the molecule is NCCC(=O)Nc1ccc(N2CCN(c3ccc(F)cc3)CC2)nc1. The standard InChI is InChI=1S/C18H22FN5O/c19-14-1-4-16(5-2-14)23-9-11-24(12-10-23)17-6-3-15(13-21-17)22-18(25)7-8-20/h1-6,13H,7-12,20H2,(H,22,25). The van der Waals surface area contributed by atoms with Crippen molar-refractivity contribution in [2.24, 2.45) is 5.73 Å². The van der Waals surface area contributed by atoms with Crippen molar-refractivity contribution in [3.05, 3.63) is 48.4 Å². The number of aromatic nitrogens is 1. The largest absolute Gasteiger partial charge is 0.368 e. The van der Waals surface area contributed by atoms with Crippen molar-refractivity contribution in [1.82, 2.24) is 4.98 Å². The molecular formula is C18H22FN5O. The second kappa shape index (κ2) is 7.94. The molecule has 3 rings (SSSR count). The summed E-state index contributed by atoms with van der Waals surface area (Å²) in [6.45, 7) is 3.70. The van der Waals surface area contributed by atoms with Crippen LogP contribution in [0, 0.1) is 5.82 Å². The van der Waals surface area contributed by atoms with Gasteiger partial charge in [0.1, 0.15) is 11.6 Å². The van der Waals surface area contributed by atoms with Crippen LogP contribution in [0.25, 0.3) is 0 Å². The van der Waals surface area contributed by atoms with Gasteiger partial charge in [0.25, 0.3) is 0 Å². The zero-order chi connectivity index (χ0) is 17.6. The van der Waals surface area contributed by atoms with Gasteiger partial charge in [-0.25, -0.2) is 9.37 Å². The lowest BCUT2D eigenvalue weighted by molar-refractivity contribution is -0.116. The number of hydrogen-bond acceptors (Lipinski definition) is 5. The van der Waals surface area contributed by atoms with E-state index in [0.29, 0.717) is 18.7 Å². The van der Waals surface area contributed by atoms with E-state index in [9.17, 15) is 9.18 Å². The molecule has 6 nitrogen and oxygen atoms in total. The van der Waals surface area contributed by atoms with Gasteiger partial charge in [0.05, 0.1) is 11.9 Å². The van der Waals surface area contributed by atoms with E-state index >= 15 is 0 Å². The normalized spacial score (nSPS) is 14.5. The van der Waals surface area contributed by atoms with E-state index in [-0.39, 0.29) is 11.7 Å². The summed E-state index contributed by atoms with van der Waals surface area (Å²) in [6.07, 6.45) is 1.96. The average Bonchev–Trinajstić information content (AvgIpc) is 2.63. The Balaban J connectivity index is 1.55. The van der Waals surface area contributed by atoms with Crippen LogP contribution in [-0.4, -0.2) is 43.6 Å². The number of amides is 1. The van der Waals surface area contributed by atoms with Crippen LogP contribution in [0.2, 0.25) is 0 Å². The van der Waals surface area contributed by atoms with Gasteiger partial charge in [-0.3, -0.25) is 4.79 Å². The fourth-order valence-corrected chi connectivity index (χ4v) is 2.85. The zero-order valence-electron chi connectivity index (χ0n) is 14.0. The lowest BCUT2D eigenvalue weighted by Gasteiger charge is -2.36. The first-order chi connectivity index (χ1) is 12.2. The van der Waals surface area contributed by atoms with Crippen molar-refractivity contribution in [2.45, 2.75) is 6.42 Å². The maximum absolute atomic E-state index is 13.0. The summed E-state index contributed by atoms with van der Waals surface area (Å²) in [5, 5.41) is 2.77. The Kier molecular flexibility index (Phi) is 5.45. The fourth-order valence-electron chi connectivity index (χ4n) is 2.85. The highest BCUT2D eigenvalue weighted by Crippen LogP contribution is 2.20. The van der Waals surface area contributed by atoms with Crippen LogP contribution in [0.5, 0.6) is 0 Å². The smallest absolute Gasteiger partial charge is 0.225 e. The van der Waals surface area contributed by atoms with Gasteiger partial charge in [0.2, 0.25) is 5.91 Å². The minimum atomic E-state index is -0.217.